The lowest BCUT2D eigenvalue weighted by atomic mass is 10.1. The molecule has 0 amide bonds. The van der Waals surface area contributed by atoms with Crippen molar-refractivity contribution in [2.24, 2.45) is 0 Å². The number of halogens is 1. The molecule has 1 N–H and O–H groups in total. The van der Waals surface area contributed by atoms with E-state index in [1.807, 2.05) is 0 Å². The molecule has 1 aromatic heterocycles. The Hall–Kier alpha value is -2.77. The number of aromatic carboxylic acids is 1. The van der Waals surface area contributed by atoms with Crippen LogP contribution in [0.3, 0.4) is 0 Å². The minimum atomic E-state index is -1.30. The predicted molar refractivity (Wildman–Crippen MR) is 69.6 cm³/mol. The highest BCUT2D eigenvalue weighted by molar-refractivity contribution is 5.86. The van der Waals surface area contributed by atoms with Crippen molar-refractivity contribution in [2.45, 2.75) is 19.8 Å². The van der Waals surface area contributed by atoms with Gasteiger partial charge in [0, 0.05) is 11.6 Å². The lowest BCUT2D eigenvalue weighted by Crippen LogP contribution is -2.01. The fraction of sp³-hybridized carbons (Fsp3) is 0.231. The number of oxazole rings is 1. The number of hydrogen-bond donors (Lipinski definition) is 1. The van der Waals surface area contributed by atoms with E-state index in [-0.39, 0.29) is 28.8 Å². The third-order valence-electron chi connectivity index (χ3n) is 2.73. The molecule has 0 saturated carbocycles. The Morgan fingerprint density at radius 1 is 1.43 bits per heavy atom. The number of carboxylic acids is 1. The number of non-ortho nitro benzene ring substituents is 1. The molecule has 7 nitrogen and oxygen atoms in total. The van der Waals surface area contributed by atoms with E-state index in [0.29, 0.717) is 0 Å². The van der Waals surface area contributed by atoms with E-state index in [1.165, 1.54) is 0 Å². The fourth-order valence-electron chi connectivity index (χ4n) is 1.80. The highest BCUT2D eigenvalue weighted by Gasteiger charge is 2.23. The predicted octanol–water partition coefficient (Wildman–Crippen LogP) is 3.21. The van der Waals surface area contributed by atoms with E-state index in [2.05, 4.69) is 4.98 Å². The molecule has 0 bridgehead atoms. The number of hydrogen-bond acceptors (Lipinski definition) is 5. The standard InChI is InChI=1S/C13H11FN2O5/c1-6(2)10-11(13(17)18)21-12(15-10)7-3-8(14)5-9(4-7)16(19)20/h3-6H,1-2H3,(H,17,18). The van der Waals surface area contributed by atoms with Crippen molar-refractivity contribution < 1.29 is 23.6 Å². The Morgan fingerprint density at radius 3 is 2.57 bits per heavy atom. The molecule has 0 atom stereocenters. The molecular weight excluding hydrogens is 283 g/mol. The first kappa shape index (κ1) is 14.6. The van der Waals surface area contributed by atoms with Crippen LogP contribution in [-0.4, -0.2) is 21.0 Å². The SMILES string of the molecule is CC(C)c1nc(-c2cc(F)cc([N+](=O)[O-])c2)oc1C(=O)O. The van der Waals surface area contributed by atoms with Crippen LogP contribution < -0.4 is 0 Å². The molecule has 0 aliphatic carbocycles. The van der Waals surface area contributed by atoms with E-state index in [1.54, 1.807) is 13.8 Å². The first-order chi connectivity index (χ1) is 9.79. The zero-order chi connectivity index (χ0) is 15.7. The molecule has 0 spiro atoms. The average molecular weight is 294 g/mol. The average Bonchev–Trinajstić information content (AvgIpc) is 2.83. The molecule has 0 unspecified atom stereocenters. The first-order valence-electron chi connectivity index (χ1n) is 5.99. The summed E-state index contributed by atoms with van der Waals surface area (Å²) in [6, 6.07) is 2.83. The van der Waals surface area contributed by atoms with Crippen molar-refractivity contribution in [1.82, 2.24) is 4.98 Å². The third kappa shape index (κ3) is 2.88. The Morgan fingerprint density at radius 2 is 2.10 bits per heavy atom. The summed E-state index contributed by atoms with van der Waals surface area (Å²) < 4.78 is 18.5. The van der Waals surface area contributed by atoms with Gasteiger partial charge in [-0.25, -0.2) is 14.2 Å². The Labute approximate surface area is 118 Å². The minimum absolute atomic E-state index is 0.0103. The van der Waals surface area contributed by atoms with Crippen molar-refractivity contribution >= 4 is 11.7 Å². The summed E-state index contributed by atoms with van der Waals surface area (Å²) in [6.07, 6.45) is 0. The lowest BCUT2D eigenvalue weighted by molar-refractivity contribution is -0.385. The van der Waals surface area contributed by atoms with Crippen molar-refractivity contribution in [2.75, 3.05) is 0 Å². The summed E-state index contributed by atoms with van der Waals surface area (Å²) in [6.45, 7) is 3.45. The molecule has 110 valence electrons. The van der Waals surface area contributed by atoms with E-state index >= 15 is 0 Å². The van der Waals surface area contributed by atoms with Crippen molar-refractivity contribution in [1.29, 1.82) is 0 Å². The second-order valence-corrected chi connectivity index (χ2v) is 4.65. The van der Waals surface area contributed by atoms with Gasteiger partial charge in [-0.15, -0.1) is 0 Å². The van der Waals surface area contributed by atoms with Gasteiger partial charge < -0.3 is 9.52 Å². The van der Waals surface area contributed by atoms with Crippen molar-refractivity contribution in [3.63, 3.8) is 0 Å². The van der Waals surface area contributed by atoms with Gasteiger partial charge >= 0.3 is 5.97 Å². The zero-order valence-electron chi connectivity index (χ0n) is 11.2. The highest BCUT2D eigenvalue weighted by Crippen LogP contribution is 2.29. The molecule has 2 aromatic rings. The van der Waals surface area contributed by atoms with Gasteiger partial charge in [0.1, 0.15) is 5.82 Å². The first-order valence-corrected chi connectivity index (χ1v) is 5.99. The van der Waals surface area contributed by atoms with E-state index in [4.69, 9.17) is 9.52 Å². The molecule has 0 aliphatic heterocycles. The number of nitro groups is 1. The third-order valence-corrected chi connectivity index (χ3v) is 2.73. The van der Waals surface area contributed by atoms with Gasteiger partial charge in [-0.2, -0.15) is 0 Å². The molecule has 0 radical (unpaired) electrons. The van der Waals surface area contributed by atoms with E-state index in [0.717, 1.165) is 18.2 Å². The van der Waals surface area contributed by atoms with Gasteiger partial charge in [0.15, 0.2) is 0 Å². The van der Waals surface area contributed by atoms with Gasteiger partial charge in [0.25, 0.3) is 5.69 Å². The quantitative estimate of drug-likeness (QED) is 0.685. The topological polar surface area (TPSA) is 106 Å². The van der Waals surface area contributed by atoms with Crippen molar-refractivity contribution in [3.05, 3.63) is 45.6 Å². The molecule has 21 heavy (non-hydrogen) atoms. The Balaban J connectivity index is 2.59. The van der Waals surface area contributed by atoms with Crippen LogP contribution >= 0.6 is 0 Å². The largest absolute Gasteiger partial charge is 0.475 e. The molecule has 8 heteroatoms. The summed E-state index contributed by atoms with van der Waals surface area (Å²) in [7, 11) is 0. The molecule has 0 aliphatic rings. The molecule has 0 fully saturated rings. The van der Waals surface area contributed by atoms with Crippen LogP contribution in [0.25, 0.3) is 11.5 Å². The van der Waals surface area contributed by atoms with E-state index in [9.17, 15) is 19.3 Å². The fourth-order valence-corrected chi connectivity index (χ4v) is 1.80. The summed E-state index contributed by atoms with van der Waals surface area (Å²) in [4.78, 5) is 25.1. The summed E-state index contributed by atoms with van der Waals surface area (Å²) in [5, 5.41) is 19.8. The highest BCUT2D eigenvalue weighted by atomic mass is 19.1. The molecule has 0 saturated heterocycles. The normalized spacial score (nSPS) is 10.9. The van der Waals surface area contributed by atoms with Crippen LogP contribution in [0.15, 0.2) is 22.6 Å². The monoisotopic (exact) mass is 294 g/mol. The second kappa shape index (κ2) is 5.31. The van der Waals surface area contributed by atoms with Gasteiger partial charge in [-0.3, -0.25) is 10.1 Å². The Kier molecular flexibility index (Phi) is 3.70. The maximum Gasteiger partial charge on any atom is 0.373 e. The molecule has 1 heterocycles. The van der Waals surface area contributed by atoms with Crippen LogP contribution in [0, 0.1) is 15.9 Å². The minimum Gasteiger partial charge on any atom is -0.475 e. The zero-order valence-corrected chi connectivity index (χ0v) is 11.2. The number of carbonyl (C=O) groups is 1. The molecular formula is C13H11FN2O5. The Bertz CT molecular complexity index is 723. The van der Waals surface area contributed by atoms with Crippen LogP contribution in [0.4, 0.5) is 10.1 Å². The number of rotatable bonds is 4. The van der Waals surface area contributed by atoms with Gasteiger partial charge in [0.2, 0.25) is 11.7 Å². The number of nitro benzene ring substituents is 1. The van der Waals surface area contributed by atoms with Crippen LogP contribution in [-0.2, 0) is 0 Å². The van der Waals surface area contributed by atoms with Crippen molar-refractivity contribution in [3.8, 4) is 11.5 Å². The summed E-state index contributed by atoms with van der Waals surface area (Å²) >= 11 is 0. The van der Waals surface area contributed by atoms with Gasteiger partial charge in [0.05, 0.1) is 16.7 Å². The smallest absolute Gasteiger partial charge is 0.373 e. The van der Waals surface area contributed by atoms with Gasteiger partial charge in [-0.05, 0) is 12.0 Å². The number of aromatic nitrogens is 1. The lowest BCUT2D eigenvalue weighted by Gasteiger charge is -1.98. The number of nitrogens with zero attached hydrogens (tertiary/aromatic N) is 2. The number of carboxylic acid groups (broad SMARTS) is 1. The molecule has 2 rings (SSSR count). The second-order valence-electron chi connectivity index (χ2n) is 4.65. The van der Waals surface area contributed by atoms with Crippen LogP contribution in [0.2, 0.25) is 0 Å². The summed E-state index contributed by atoms with van der Waals surface area (Å²) in [5.74, 6) is -2.88. The van der Waals surface area contributed by atoms with E-state index < -0.39 is 22.4 Å². The summed E-state index contributed by atoms with van der Waals surface area (Å²) in [5.41, 5.74) is -0.258. The molecule has 1 aromatic carbocycles. The van der Waals surface area contributed by atoms with Gasteiger partial charge in [-0.1, -0.05) is 13.8 Å². The maximum absolute atomic E-state index is 13.4. The number of benzene rings is 1. The van der Waals surface area contributed by atoms with Crippen LogP contribution in [0.5, 0.6) is 0 Å². The maximum atomic E-state index is 13.4. The van der Waals surface area contributed by atoms with Crippen LogP contribution in [0.1, 0.15) is 36.0 Å².